The number of rotatable bonds is 4. The Hall–Kier alpha value is -1.55. The molecule has 3 heterocycles. The van der Waals surface area contributed by atoms with Gasteiger partial charge in [0.2, 0.25) is 5.91 Å². The summed E-state index contributed by atoms with van der Waals surface area (Å²) in [5, 5.41) is 0. The van der Waals surface area contributed by atoms with Crippen LogP contribution in [0.4, 0.5) is 0 Å². The van der Waals surface area contributed by atoms with E-state index in [1.54, 1.807) is 0 Å². The maximum absolute atomic E-state index is 12.2. The summed E-state index contributed by atoms with van der Waals surface area (Å²) in [4.78, 5) is 18.6. The number of hydrogen-bond acceptors (Lipinski definition) is 2. The maximum Gasteiger partial charge on any atom is 0.223 e. The minimum atomic E-state index is 0. The van der Waals surface area contributed by atoms with E-state index in [-0.39, 0.29) is 12.4 Å². The molecule has 1 fully saturated rings. The van der Waals surface area contributed by atoms with Gasteiger partial charge in [-0.25, -0.2) is 4.98 Å². The molecule has 1 amide bonds. The zero-order valence-corrected chi connectivity index (χ0v) is 13.2. The van der Waals surface area contributed by atoms with Gasteiger partial charge < -0.3 is 9.30 Å². The van der Waals surface area contributed by atoms with E-state index in [1.165, 1.54) is 12.8 Å². The number of carbonyl (C=O) groups is 1. The molecule has 3 rings (SSSR count). The first-order valence-electron chi connectivity index (χ1n) is 7.46. The molecule has 1 unspecified atom stereocenters. The molecule has 0 bridgehead atoms. The van der Waals surface area contributed by atoms with Crippen LogP contribution in [0.25, 0.3) is 5.65 Å². The van der Waals surface area contributed by atoms with E-state index in [1.807, 2.05) is 35.5 Å². The van der Waals surface area contributed by atoms with E-state index in [0.717, 1.165) is 24.3 Å². The van der Waals surface area contributed by atoms with Crippen LogP contribution in [0.2, 0.25) is 0 Å². The Morgan fingerprint density at radius 3 is 3.00 bits per heavy atom. The van der Waals surface area contributed by atoms with Crippen molar-refractivity contribution in [1.82, 2.24) is 14.3 Å². The van der Waals surface area contributed by atoms with Gasteiger partial charge in [-0.2, -0.15) is 0 Å². The number of pyridine rings is 1. The average molecular weight is 308 g/mol. The fraction of sp³-hybridized carbons (Fsp3) is 0.500. The molecule has 1 saturated heterocycles. The van der Waals surface area contributed by atoms with E-state index in [0.29, 0.717) is 24.8 Å². The van der Waals surface area contributed by atoms with Crippen LogP contribution >= 0.6 is 12.4 Å². The second kappa shape index (κ2) is 6.94. The summed E-state index contributed by atoms with van der Waals surface area (Å²) < 4.78 is 2.06. The molecular formula is C16H22ClN3O. The summed E-state index contributed by atoms with van der Waals surface area (Å²) >= 11 is 0. The summed E-state index contributed by atoms with van der Waals surface area (Å²) in [6.45, 7) is 3.74. The molecule has 0 spiro atoms. The molecule has 1 atom stereocenters. The lowest BCUT2D eigenvalue weighted by atomic mass is 9.92. The monoisotopic (exact) mass is 307 g/mol. The van der Waals surface area contributed by atoms with Crippen molar-refractivity contribution in [2.75, 3.05) is 6.54 Å². The van der Waals surface area contributed by atoms with Crippen LogP contribution in [0, 0.1) is 5.92 Å². The van der Waals surface area contributed by atoms with Crippen molar-refractivity contribution in [2.24, 2.45) is 5.92 Å². The second-order valence-corrected chi connectivity index (χ2v) is 5.64. The van der Waals surface area contributed by atoms with E-state index >= 15 is 0 Å². The Bertz CT molecular complexity index is 610. The quantitative estimate of drug-likeness (QED) is 0.869. The third-order valence-electron chi connectivity index (χ3n) is 4.17. The number of nitrogens with zero attached hydrogens (tertiary/aromatic N) is 3. The first-order chi connectivity index (χ1) is 9.78. The smallest absolute Gasteiger partial charge is 0.223 e. The van der Waals surface area contributed by atoms with Crippen molar-refractivity contribution in [3.05, 3.63) is 36.3 Å². The molecule has 114 valence electrons. The number of halogens is 1. The SMILES string of the molecule is CCCC1CCN(Cc2cnc3ccccn23)C(=O)C1.Cl. The third-order valence-corrected chi connectivity index (χ3v) is 4.17. The highest BCUT2D eigenvalue weighted by atomic mass is 35.5. The van der Waals surface area contributed by atoms with Gasteiger partial charge in [-0.15, -0.1) is 12.4 Å². The Kier molecular flexibility index (Phi) is 5.23. The van der Waals surface area contributed by atoms with Gasteiger partial charge in [-0.3, -0.25) is 4.79 Å². The largest absolute Gasteiger partial charge is 0.337 e. The van der Waals surface area contributed by atoms with Crippen molar-refractivity contribution < 1.29 is 4.79 Å². The molecule has 1 aliphatic heterocycles. The summed E-state index contributed by atoms with van der Waals surface area (Å²) in [6, 6.07) is 5.96. The van der Waals surface area contributed by atoms with Crippen molar-refractivity contribution in [2.45, 2.75) is 39.2 Å². The van der Waals surface area contributed by atoms with Gasteiger partial charge in [-0.1, -0.05) is 25.8 Å². The minimum absolute atomic E-state index is 0. The highest BCUT2D eigenvalue weighted by Gasteiger charge is 2.25. The Morgan fingerprint density at radius 2 is 2.24 bits per heavy atom. The number of hydrogen-bond donors (Lipinski definition) is 0. The molecule has 0 aromatic carbocycles. The maximum atomic E-state index is 12.2. The van der Waals surface area contributed by atoms with Gasteiger partial charge >= 0.3 is 0 Å². The van der Waals surface area contributed by atoms with Gasteiger partial charge in [0.1, 0.15) is 5.65 Å². The van der Waals surface area contributed by atoms with Gasteiger partial charge in [-0.05, 0) is 24.5 Å². The van der Waals surface area contributed by atoms with Crippen LogP contribution < -0.4 is 0 Å². The van der Waals surface area contributed by atoms with Gasteiger partial charge in [0.15, 0.2) is 0 Å². The van der Waals surface area contributed by atoms with E-state index < -0.39 is 0 Å². The lowest BCUT2D eigenvalue weighted by molar-refractivity contribution is -0.135. The van der Waals surface area contributed by atoms with Crippen LogP contribution in [0.3, 0.4) is 0 Å². The number of aromatic nitrogens is 2. The highest BCUT2D eigenvalue weighted by molar-refractivity contribution is 5.85. The summed E-state index contributed by atoms with van der Waals surface area (Å²) in [6.07, 6.45) is 8.08. The number of carbonyl (C=O) groups excluding carboxylic acids is 1. The topological polar surface area (TPSA) is 37.6 Å². The van der Waals surface area contributed by atoms with Crippen LogP contribution in [-0.4, -0.2) is 26.7 Å². The first kappa shape index (κ1) is 15.8. The van der Waals surface area contributed by atoms with Crippen molar-refractivity contribution in [3.8, 4) is 0 Å². The molecular weight excluding hydrogens is 286 g/mol. The van der Waals surface area contributed by atoms with Gasteiger partial charge in [0.25, 0.3) is 0 Å². The molecule has 0 N–H and O–H groups in total. The first-order valence-corrected chi connectivity index (χ1v) is 7.46. The standard InChI is InChI=1S/C16H21N3O.ClH/c1-2-5-13-7-9-18(16(20)10-13)12-14-11-17-15-6-3-4-8-19(14)15;/h3-4,6,8,11,13H,2,5,7,9-10,12H2,1H3;1H. The lowest BCUT2D eigenvalue weighted by Crippen LogP contribution is -2.38. The van der Waals surface area contributed by atoms with Crippen molar-refractivity contribution >= 4 is 24.0 Å². The number of piperidine rings is 1. The van der Waals surface area contributed by atoms with Crippen LogP contribution in [-0.2, 0) is 11.3 Å². The second-order valence-electron chi connectivity index (χ2n) is 5.64. The van der Waals surface area contributed by atoms with E-state index in [2.05, 4.69) is 16.3 Å². The van der Waals surface area contributed by atoms with Gasteiger partial charge in [0.05, 0.1) is 18.4 Å². The zero-order chi connectivity index (χ0) is 13.9. The minimum Gasteiger partial charge on any atom is -0.337 e. The molecule has 0 aliphatic carbocycles. The predicted molar refractivity (Wildman–Crippen MR) is 85.5 cm³/mol. The lowest BCUT2D eigenvalue weighted by Gasteiger charge is -2.31. The number of fused-ring (bicyclic) bond motifs is 1. The summed E-state index contributed by atoms with van der Waals surface area (Å²) in [5.41, 5.74) is 2.03. The van der Waals surface area contributed by atoms with E-state index in [9.17, 15) is 4.79 Å². The molecule has 2 aromatic rings. The predicted octanol–water partition coefficient (Wildman–Crippen LogP) is 3.29. The third kappa shape index (κ3) is 3.38. The summed E-state index contributed by atoms with van der Waals surface area (Å²) in [7, 11) is 0. The molecule has 5 heteroatoms. The van der Waals surface area contributed by atoms with Crippen LogP contribution in [0.1, 0.15) is 38.3 Å². The van der Waals surface area contributed by atoms with E-state index in [4.69, 9.17) is 0 Å². The van der Waals surface area contributed by atoms with Gasteiger partial charge in [0, 0.05) is 19.2 Å². The zero-order valence-electron chi connectivity index (χ0n) is 12.4. The molecule has 0 radical (unpaired) electrons. The molecule has 2 aromatic heterocycles. The van der Waals surface area contributed by atoms with Crippen LogP contribution in [0.5, 0.6) is 0 Å². The Labute approximate surface area is 131 Å². The number of imidazole rings is 1. The molecule has 4 nitrogen and oxygen atoms in total. The van der Waals surface area contributed by atoms with Crippen LogP contribution in [0.15, 0.2) is 30.6 Å². The average Bonchev–Trinajstić information content (AvgIpc) is 2.86. The molecule has 1 aliphatic rings. The Morgan fingerprint density at radius 1 is 1.38 bits per heavy atom. The van der Waals surface area contributed by atoms with Crippen molar-refractivity contribution in [1.29, 1.82) is 0 Å². The number of amides is 1. The normalized spacial score (nSPS) is 18.8. The highest BCUT2D eigenvalue weighted by Crippen LogP contribution is 2.24. The summed E-state index contributed by atoms with van der Waals surface area (Å²) in [5.74, 6) is 0.881. The number of likely N-dealkylation sites (tertiary alicyclic amines) is 1. The Balaban J connectivity index is 0.00000161. The fourth-order valence-electron chi connectivity index (χ4n) is 3.06. The fourth-order valence-corrected chi connectivity index (χ4v) is 3.06. The molecule has 21 heavy (non-hydrogen) atoms. The van der Waals surface area contributed by atoms with Crippen molar-refractivity contribution in [3.63, 3.8) is 0 Å². The molecule has 0 saturated carbocycles.